The molecule has 0 radical (unpaired) electrons. The molecule has 5 rings (SSSR count). The predicted molar refractivity (Wildman–Crippen MR) is 116 cm³/mol. The summed E-state index contributed by atoms with van der Waals surface area (Å²) in [6.07, 6.45) is 0.538. The molecule has 0 aliphatic carbocycles. The molecule has 4 aromatic rings. The topological polar surface area (TPSA) is 57.8 Å². The average molecular weight is 453 g/mol. The van der Waals surface area contributed by atoms with Crippen LogP contribution in [0.2, 0.25) is 0 Å². The second kappa shape index (κ2) is 8.06. The molecule has 0 N–H and O–H groups in total. The van der Waals surface area contributed by atoms with Crippen molar-refractivity contribution in [3.05, 3.63) is 77.5 Å². The SMILES string of the molecule is COc1nc(-c2cc3n(n2)CCC[C@H]3c2ccccc2C(F)(F)F)ccc1-n1cnc(C)c1. The van der Waals surface area contributed by atoms with Crippen LogP contribution in [0.3, 0.4) is 0 Å². The number of hydrogen-bond acceptors (Lipinski definition) is 4. The molecule has 1 aromatic carbocycles. The van der Waals surface area contributed by atoms with Crippen LogP contribution in [0, 0.1) is 6.92 Å². The lowest BCUT2D eigenvalue weighted by atomic mass is 9.85. The maximum Gasteiger partial charge on any atom is 0.416 e. The largest absolute Gasteiger partial charge is 0.479 e. The van der Waals surface area contributed by atoms with Gasteiger partial charge in [-0.3, -0.25) is 4.68 Å². The number of rotatable bonds is 4. The summed E-state index contributed by atoms with van der Waals surface area (Å²) in [6.45, 7) is 2.55. The van der Waals surface area contributed by atoms with Crippen LogP contribution in [-0.4, -0.2) is 31.4 Å². The first-order valence-electron chi connectivity index (χ1n) is 10.7. The number of aromatic nitrogens is 5. The zero-order valence-corrected chi connectivity index (χ0v) is 18.2. The van der Waals surface area contributed by atoms with Crippen LogP contribution in [0.15, 0.2) is 55.0 Å². The summed E-state index contributed by atoms with van der Waals surface area (Å²) in [5.41, 5.74) is 3.27. The van der Waals surface area contributed by atoms with Crippen LogP contribution in [0.5, 0.6) is 5.88 Å². The first kappa shape index (κ1) is 21.2. The number of imidazole rings is 1. The number of alkyl halides is 3. The fraction of sp³-hybridized carbons (Fsp3) is 0.292. The number of fused-ring (bicyclic) bond motifs is 1. The number of nitrogens with zero attached hydrogens (tertiary/aromatic N) is 5. The minimum atomic E-state index is -4.40. The standard InChI is InChI=1S/C24H22F3N5O/c1-15-13-31(14-28-15)21-10-9-19(29-23(21)33-2)20-12-22-17(7-5-11-32(22)30-20)16-6-3-4-8-18(16)24(25,26)27/h3-4,6,8-10,12-14,17H,5,7,11H2,1-2H3/t17-/m0/s1. The number of hydrogen-bond donors (Lipinski definition) is 0. The van der Waals surface area contributed by atoms with E-state index in [2.05, 4.69) is 15.1 Å². The van der Waals surface area contributed by atoms with Crippen LogP contribution in [0.25, 0.3) is 17.1 Å². The molecule has 6 nitrogen and oxygen atoms in total. The van der Waals surface area contributed by atoms with Gasteiger partial charge in [0.2, 0.25) is 5.88 Å². The molecule has 9 heteroatoms. The normalized spacial score (nSPS) is 16.0. The molecule has 170 valence electrons. The molecule has 0 fully saturated rings. The maximum absolute atomic E-state index is 13.7. The lowest BCUT2D eigenvalue weighted by molar-refractivity contribution is -0.138. The highest BCUT2D eigenvalue weighted by Gasteiger charge is 2.37. The van der Waals surface area contributed by atoms with E-state index in [0.29, 0.717) is 30.2 Å². The van der Waals surface area contributed by atoms with Crippen molar-refractivity contribution in [2.45, 2.75) is 38.4 Å². The molecule has 0 bridgehead atoms. The zero-order chi connectivity index (χ0) is 23.2. The Balaban J connectivity index is 1.55. The quantitative estimate of drug-likeness (QED) is 0.416. The molecule has 1 aliphatic heterocycles. The molecule has 0 unspecified atom stereocenters. The van der Waals surface area contributed by atoms with Gasteiger partial charge in [0.25, 0.3) is 0 Å². The molecule has 1 aliphatic rings. The Morgan fingerprint density at radius 2 is 1.91 bits per heavy atom. The first-order valence-corrected chi connectivity index (χ1v) is 10.7. The average Bonchev–Trinajstić information content (AvgIpc) is 3.44. The monoisotopic (exact) mass is 453 g/mol. The van der Waals surface area contributed by atoms with E-state index in [9.17, 15) is 13.2 Å². The van der Waals surface area contributed by atoms with E-state index in [1.807, 2.05) is 35.9 Å². The molecule has 0 saturated heterocycles. The van der Waals surface area contributed by atoms with Crippen LogP contribution < -0.4 is 4.74 Å². The van der Waals surface area contributed by atoms with E-state index < -0.39 is 11.7 Å². The molecule has 0 spiro atoms. The molecular weight excluding hydrogens is 431 g/mol. The van der Waals surface area contributed by atoms with Gasteiger partial charge >= 0.3 is 6.18 Å². The lowest BCUT2D eigenvalue weighted by Gasteiger charge is -2.26. The van der Waals surface area contributed by atoms with Crippen LogP contribution in [-0.2, 0) is 12.7 Å². The van der Waals surface area contributed by atoms with E-state index in [4.69, 9.17) is 4.74 Å². The highest BCUT2D eigenvalue weighted by Crippen LogP contribution is 2.41. The van der Waals surface area contributed by atoms with Gasteiger partial charge in [-0.15, -0.1) is 0 Å². The Hall–Kier alpha value is -3.62. The van der Waals surface area contributed by atoms with Gasteiger partial charge in [-0.05, 0) is 49.6 Å². The molecule has 0 saturated carbocycles. The number of methoxy groups -OCH3 is 1. The second-order valence-corrected chi connectivity index (χ2v) is 8.10. The smallest absolute Gasteiger partial charge is 0.416 e. The molecule has 4 heterocycles. The van der Waals surface area contributed by atoms with Gasteiger partial charge < -0.3 is 9.30 Å². The highest BCUT2D eigenvalue weighted by atomic mass is 19.4. The maximum atomic E-state index is 13.7. The summed E-state index contributed by atoms with van der Waals surface area (Å²) in [7, 11) is 1.54. The van der Waals surface area contributed by atoms with Crippen LogP contribution >= 0.6 is 0 Å². The molecule has 33 heavy (non-hydrogen) atoms. The zero-order valence-electron chi connectivity index (χ0n) is 18.2. The fourth-order valence-corrected chi connectivity index (χ4v) is 4.46. The number of halogens is 3. The fourth-order valence-electron chi connectivity index (χ4n) is 4.46. The minimum Gasteiger partial charge on any atom is -0.479 e. The number of aryl methyl sites for hydroxylation is 2. The van der Waals surface area contributed by atoms with Crippen molar-refractivity contribution < 1.29 is 17.9 Å². The summed E-state index contributed by atoms with van der Waals surface area (Å²) in [5.74, 6) is 0.0303. The van der Waals surface area contributed by atoms with Crippen molar-refractivity contribution >= 4 is 0 Å². The third-order valence-electron chi connectivity index (χ3n) is 5.96. The Kier molecular flexibility index (Phi) is 5.19. The Bertz CT molecular complexity index is 1310. The van der Waals surface area contributed by atoms with E-state index in [-0.39, 0.29) is 11.5 Å². The van der Waals surface area contributed by atoms with Crippen molar-refractivity contribution in [2.24, 2.45) is 0 Å². The van der Waals surface area contributed by atoms with Gasteiger partial charge in [0.05, 0.1) is 30.4 Å². The van der Waals surface area contributed by atoms with Crippen LogP contribution in [0.4, 0.5) is 13.2 Å². The van der Waals surface area contributed by atoms with Gasteiger partial charge in [0, 0.05) is 24.4 Å². The van der Waals surface area contributed by atoms with E-state index in [1.54, 1.807) is 30.3 Å². The molecule has 3 aromatic heterocycles. The predicted octanol–water partition coefficient (Wildman–Crippen LogP) is 5.39. The van der Waals surface area contributed by atoms with Gasteiger partial charge in [-0.1, -0.05) is 18.2 Å². The molecular formula is C24H22F3N5O. The lowest BCUT2D eigenvalue weighted by Crippen LogP contribution is -2.20. The summed E-state index contributed by atoms with van der Waals surface area (Å²) in [5, 5.41) is 4.67. The van der Waals surface area contributed by atoms with Gasteiger partial charge in [0.1, 0.15) is 11.4 Å². The van der Waals surface area contributed by atoms with Crippen molar-refractivity contribution in [2.75, 3.05) is 7.11 Å². The number of ether oxygens (including phenoxy) is 1. The van der Waals surface area contributed by atoms with E-state index >= 15 is 0 Å². The Labute approximate surface area is 188 Å². The van der Waals surface area contributed by atoms with Gasteiger partial charge in [0.15, 0.2) is 0 Å². The van der Waals surface area contributed by atoms with Crippen molar-refractivity contribution in [1.82, 2.24) is 24.3 Å². The Morgan fingerprint density at radius 3 is 2.64 bits per heavy atom. The summed E-state index contributed by atoms with van der Waals surface area (Å²) in [6, 6.07) is 11.4. The van der Waals surface area contributed by atoms with Crippen molar-refractivity contribution in [1.29, 1.82) is 0 Å². The van der Waals surface area contributed by atoms with E-state index in [0.717, 1.165) is 29.6 Å². The Morgan fingerprint density at radius 1 is 1.09 bits per heavy atom. The second-order valence-electron chi connectivity index (χ2n) is 8.10. The molecule has 1 atom stereocenters. The summed E-state index contributed by atoms with van der Waals surface area (Å²) >= 11 is 0. The molecule has 0 amide bonds. The number of pyridine rings is 1. The first-order chi connectivity index (χ1) is 15.8. The van der Waals surface area contributed by atoms with Gasteiger partial charge in [-0.2, -0.15) is 18.3 Å². The minimum absolute atomic E-state index is 0.286. The third kappa shape index (κ3) is 3.88. The third-order valence-corrected chi connectivity index (χ3v) is 5.96. The van der Waals surface area contributed by atoms with Crippen LogP contribution in [0.1, 0.15) is 41.3 Å². The highest BCUT2D eigenvalue weighted by molar-refractivity contribution is 5.60. The number of benzene rings is 1. The van der Waals surface area contributed by atoms with E-state index in [1.165, 1.54) is 6.07 Å². The van der Waals surface area contributed by atoms with Gasteiger partial charge in [-0.25, -0.2) is 9.97 Å². The van der Waals surface area contributed by atoms with Crippen molar-refractivity contribution in [3.63, 3.8) is 0 Å². The summed E-state index contributed by atoms with van der Waals surface area (Å²) in [4.78, 5) is 8.86. The summed E-state index contributed by atoms with van der Waals surface area (Å²) < 4.78 is 50.1. The van der Waals surface area contributed by atoms with Crippen molar-refractivity contribution in [3.8, 4) is 23.0 Å².